The predicted molar refractivity (Wildman–Crippen MR) is 111 cm³/mol. The number of carbonyl (C=O) groups is 1. The van der Waals surface area contributed by atoms with Gasteiger partial charge in [-0.3, -0.25) is 4.79 Å². The van der Waals surface area contributed by atoms with E-state index in [1.165, 1.54) is 7.05 Å². The zero-order valence-corrected chi connectivity index (χ0v) is 17.9. The lowest BCUT2D eigenvalue weighted by molar-refractivity contribution is -0.730. The van der Waals surface area contributed by atoms with Crippen LogP contribution in [0.5, 0.6) is 11.7 Å². The number of benzene rings is 1. The summed E-state index contributed by atoms with van der Waals surface area (Å²) in [7, 11) is 1.43. The predicted octanol–water partition coefficient (Wildman–Crippen LogP) is 1.09. The SMILES string of the molecule is CCOc1ccccc1NC(=O)CSc1nc(N)c(C#N)c(-c2c([O-])on[n+]2C)c1C#N. The molecule has 0 spiro atoms. The maximum Gasteiger partial charge on any atom is 0.266 e. The number of nitrogen functional groups attached to an aromatic ring is 1. The van der Waals surface area contributed by atoms with E-state index >= 15 is 0 Å². The molecule has 0 saturated carbocycles. The highest BCUT2D eigenvalue weighted by Crippen LogP contribution is 2.36. The van der Waals surface area contributed by atoms with Crippen LogP contribution in [0.4, 0.5) is 11.5 Å². The number of ether oxygens (including phenoxy) is 1. The number of anilines is 2. The molecule has 3 rings (SSSR count). The first kappa shape index (κ1) is 22.4. The summed E-state index contributed by atoms with van der Waals surface area (Å²) in [6.45, 7) is 2.27. The molecule has 2 aromatic heterocycles. The molecule has 0 atom stereocenters. The summed E-state index contributed by atoms with van der Waals surface area (Å²) in [5.74, 6) is -0.999. The highest BCUT2D eigenvalue weighted by Gasteiger charge is 2.29. The van der Waals surface area contributed by atoms with Gasteiger partial charge in [-0.15, -0.1) is 0 Å². The average Bonchev–Trinajstić information content (AvgIpc) is 3.11. The van der Waals surface area contributed by atoms with Gasteiger partial charge in [0.2, 0.25) is 5.91 Å². The molecule has 3 aromatic rings. The average molecular weight is 451 g/mol. The van der Waals surface area contributed by atoms with Crippen molar-refractivity contribution in [1.82, 2.24) is 10.3 Å². The van der Waals surface area contributed by atoms with Gasteiger partial charge in [0, 0.05) is 0 Å². The van der Waals surface area contributed by atoms with Crippen LogP contribution in [0.3, 0.4) is 0 Å². The summed E-state index contributed by atoms with van der Waals surface area (Å²) in [6.07, 6.45) is 0. The normalized spacial score (nSPS) is 10.2. The van der Waals surface area contributed by atoms with Gasteiger partial charge >= 0.3 is 0 Å². The molecule has 162 valence electrons. The largest absolute Gasteiger partial charge is 0.539 e. The van der Waals surface area contributed by atoms with E-state index in [2.05, 4.69) is 20.1 Å². The van der Waals surface area contributed by atoms with Crippen LogP contribution in [0, 0.1) is 22.7 Å². The van der Waals surface area contributed by atoms with E-state index in [1.807, 2.05) is 19.1 Å². The van der Waals surface area contributed by atoms with Crippen molar-refractivity contribution >= 4 is 29.2 Å². The molecule has 0 radical (unpaired) electrons. The fourth-order valence-electron chi connectivity index (χ4n) is 2.89. The zero-order chi connectivity index (χ0) is 23.3. The number of para-hydroxylation sites is 2. The highest BCUT2D eigenvalue weighted by molar-refractivity contribution is 8.00. The topological polar surface area (TPSA) is 178 Å². The van der Waals surface area contributed by atoms with Crippen molar-refractivity contribution in [3.63, 3.8) is 0 Å². The van der Waals surface area contributed by atoms with Crippen molar-refractivity contribution in [2.24, 2.45) is 7.05 Å². The highest BCUT2D eigenvalue weighted by atomic mass is 32.2. The van der Waals surface area contributed by atoms with Crippen molar-refractivity contribution in [2.75, 3.05) is 23.4 Å². The van der Waals surface area contributed by atoms with Crippen molar-refractivity contribution in [3.8, 4) is 35.1 Å². The Balaban J connectivity index is 1.92. The molecule has 0 aliphatic heterocycles. The number of nitrogens with two attached hydrogens (primary N) is 1. The van der Waals surface area contributed by atoms with Gasteiger partial charge in [0.1, 0.15) is 34.3 Å². The molecular formula is C20H17N7O4S. The number of hydrogen-bond donors (Lipinski definition) is 2. The molecule has 11 nitrogen and oxygen atoms in total. The van der Waals surface area contributed by atoms with Gasteiger partial charge in [-0.1, -0.05) is 28.6 Å². The van der Waals surface area contributed by atoms with E-state index in [1.54, 1.807) is 24.3 Å². The van der Waals surface area contributed by atoms with Gasteiger partial charge in [-0.2, -0.15) is 10.5 Å². The maximum atomic E-state index is 12.5. The Labute approximate surface area is 187 Å². The second kappa shape index (κ2) is 9.68. The summed E-state index contributed by atoms with van der Waals surface area (Å²) in [6, 6.07) is 10.8. The minimum Gasteiger partial charge on any atom is -0.539 e. The van der Waals surface area contributed by atoms with Crippen LogP contribution in [0.1, 0.15) is 18.1 Å². The van der Waals surface area contributed by atoms with Gasteiger partial charge in [-0.05, 0) is 19.1 Å². The minimum atomic E-state index is -0.840. The van der Waals surface area contributed by atoms with Crippen molar-refractivity contribution in [1.29, 1.82) is 10.5 Å². The third-order valence-electron chi connectivity index (χ3n) is 4.22. The Kier molecular flexibility index (Phi) is 6.77. The lowest BCUT2D eigenvalue weighted by atomic mass is 10.0. The van der Waals surface area contributed by atoms with Crippen molar-refractivity contribution < 1.29 is 23.8 Å². The zero-order valence-electron chi connectivity index (χ0n) is 17.1. The number of aromatic nitrogens is 3. The molecule has 12 heteroatoms. The lowest BCUT2D eigenvalue weighted by Gasteiger charge is -2.12. The van der Waals surface area contributed by atoms with E-state index in [0.29, 0.717) is 18.0 Å². The monoisotopic (exact) mass is 451 g/mol. The van der Waals surface area contributed by atoms with Crippen molar-refractivity contribution in [3.05, 3.63) is 35.4 Å². The molecule has 0 unspecified atom stereocenters. The standard InChI is InChI=1S/C20H17N7O4S/c1-3-30-14-7-5-4-6-13(14)24-15(28)10-32-19-12(9-22)16(11(8-21)18(23)25-19)17-20(29)31-26-27(17)2/h4-7H,3,10H2,1-2H3,(H3-,23,24,25,26,28,29). The Morgan fingerprint density at radius 2 is 2.06 bits per heavy atom. The molecule has 3 N–H and O–H groups in total. The summed E-state index contributed by atoms with van der Waals surface area (Å²) >= 11 is 0.937. The van der Waals surface area contributed by atoms with E-state index in [4.69, 9.17) is 10.5 Å². The molecule has 32 heavy (non-hydrogen) atoms. The summed E-state index contributed by atoms with van der Waals surface area (Å²) in [5.41, 5.74) is 6.01. The number of rotatable bonds is 7. The molecule has 1 aromatic carbocycles. The summed E-state index contributed by atoms with van der Waals surface area (Å²) in [4.78, 5) is 16.6. The fourth-order valence-corrected chi connectivity index (χ4v) is 3.68. The Hall–Kier alpha value is -4.29. The van der Waals surface area contributed by atoms with Crippen LogP contribution in [0.2, 0.25) is 0 Å². The van der Waals surface area contributed by atoms with Gasteiger partial charge in [0.15, 0.2) is 13.0 Å². The molecular weight excluding hydrogens is 434 g/mol. The van der Waals surface area contributed by atoms with Crippen LogP contribution in [-0.4, -0.2) is 28.5 Å². The smallest absolute Gasteiger partial charge is 0.266 e. The van der Waals surface area contributed by atoms with E-state index in [-0.39, 0.29) is 44.9 Å². The van der Waals surface area contributed by atoms with E-state index < -0.39 is 5.95 Å². The third kappa shape index (κ3) is 4.40. The summed E-state index contributed by atoms with van der Waals surface area (Å²) < 4.78 is 11.2. The van der Waals surface area contributed by atoms with Crippen LogP contribution < -0.4 is 25.6 Å². The second-order valence-corrected chi connectivity index (χ2v) is 7.21. The Bertz CT molecular complexity index is 1240. The number of hydrogen-bond acceptors (Lipinski definition) is 10. The molecule has 0 saturated heterocycles. The third-order valence-corrected chi connectivity index (χ3v) is 5.19. The Morgan fingerprint density at radius 3 is 2.69 bits per heavy atom. The fraction of sp³-hybridized carbons (Fsp3) is 0.200. The summed E-state index contributed by atoms with van der Waals surface area (Å²) in [5, 5.41) is 37.8. The van der Waals surface area contributed by atoms with Gasteiger partial charge in [0.05, 0.1) is 34.4 Å². The molecule has 0 fully saturated rings. The van der Waals surface area contributed by atoms with Crippen LogP contribution in [-0.2, 0) is 11.8 Å². The molecule has 0 bridgehead atoms. The van der Waals surface area contributed by atoms with Gasteiger partial charge < -0.3 is 25.4 Å². The first-order chi connectivity index (χ1) is 15.4. The Morgan fingerprint density at radius 1 is 1.34 bits per heavy atom. The van der Waals surface area contributed by atoms with E-state index in [0.717, 1.165) is 16.4 Å². The van der Waals surface area contributed by atoms with Crippen molar-refractivity contribution in [2.45, 2.75) is 11.9 Å². The number of amides is 1. The number of nitrogens with zero attached hydrogens (tertiary/aromatic N) is 5. The second-order valence-electron chi connectivity index (χ2n) is 6.25. The quantitative estimate of drug-likeness (QED) is 0.390. The molecule has 1 amide bonds. The van der Waals surface area contributed by atoms with Gasteiger partial charge in [-0.25, -0.2) is 4.98 Å². The molecule has 2 heterocycles. The number of thioether (sulfide) groups is 1. The number of carbonyl (C=O) groups excluding carboxylic acids is 1. The van der Waals surface area contributed by atoms with E-state index in [9.17, 15) is 20.4 Å². The number of nitrogens with one attached hydrogen (secondary N) is 1. The number of pyridine rings is 1. The van der Waals surface area contributed by atoms with Crippen LogP contribution >= 0.6 is 11.8 Å². The van der Waals surface area contributed by atoms with Crippen LogP contribution in [0.15, 0.2) is 33.8 Å². The van der Waals surface area contributed by atoms with Gasteiger partial charge in [0.25, 0.3) is 5.69 Å². The minimum absolute atomic E-state index is 0.0409. The number of aryl methyl sites for hydroxylation is 1. The van der Waals surface area contributed by atoms with Crippen LogP contribution in [0.25, 0.3) is 11.3 Å². The lowest BCUT2D eigenvalue weighted by Crippen LogP contribution is -2.32. The maximum absolute atomic E-state index is 12.5. The first-order valence-corrected chi connectivity index (χ1v) is 10.2. The molecule has 0 aliphatic carbocycles. The molecule has 0 aliphatic rings. The first-order valence-electron chi connectivity index (χ1n) is 9.22. The number of nitriles is 2.